The third-order valence-electron chi connectivity index (χ3n) is 3.81. The number of benzene rings is 1. The van der Waals surface area contributed by atoms with Gasteiger partial charge < -0.3 is 9.73 Å². The Kier molecular flexibility index (Phi) is 3.76. The first-order valence-corrected chi connectivity index (χ1v) is 7.65. The molecule has 100 valence electrons. The number of fused-ring (bicyclic) bond motifs is 1. The minimum Gasteiger partial charge on any atom is -0.453 e. The van der Waals surface area contributed by atoms with Crippen LogP contribution in [0.4, 0.5) is 0 Å². The van der Waals surface area contributed by atoms with Gasteiger partial charge in [0.15, 0.2) is 4.67 Å². The zero-order valence-electron chi connectivity index (χ0n) is 11.0. The van der Waals surface area contributed by atoms with Gasteiger partial charge in [0, 0.05) is 5.92 Å². The quantitative estimate of drug-likeness (QED) is 0.882. The normalized spacial score (nSPS) is 18.7. The summed E-state index contributed by atoms with van der Waals surface area (Å²) in [5.41, 5.74) is 2.94. The first-order valence-electron chi connectivity index (χ1n) is 6.86. The Labute approximate surface area is 122 Å². The van der Waals surface area contributed by atoms with E-state index in [2.05, 4.69) is 58.5 Å². The summed E-state index contributed by atoms with van der Waals surface area (Å²) < 4.78 is 6.57. The number of hydrogen-bond donors (Lipinski definition) is 1. The number of halogens is 1. The molecule has 1 aromatic heterocycles. The van der Waals surface area contributed by atoms with Crippen LogP contribution in [0.1, 0.15) is 42.2 Å². The van der Waals surface area contributed by atoms with Gasteiger partial charge in [-0.15, -0.1) is 0 Å². The molecular weight excluding hydrogens is 302 g/mol. The molecule has 1 N–H and O–H groups in total. The second-order valence-electron chi connectivity index (χ2n) is 5.08. The van der Waals surface area contributed by atoms with Crippen LogP contribution >= 0.6 is 15.9 Å². The highest BCUT2D eigenvalue weighted by Crippen LogP contribution is 2.44. The summed E-state index contributed by atoms with van der Waals surface area (Å²) in [5, 5.41) is 3.63. The van der Waals surface area contributed by atoms with Crippen LogP contribution < -0.4 is 5.32 Å². The largest absolute Gasteiger partial charge is 0.453 e. The number of rotatable bonds is 5. The molecular formula is C16H18BrNO. The van der Waals surface area contributed by atoms with Crippen molar-refractivity contribution >= 4 is 15.9 Å². The zero-order chi connectivity index (χ0) is 13.2. The summed E-state index contributed by atoms with van der Waals surface area (Å²) in [5.74, 6) is 1.56. The van der Waals surface area contributed by atoms with E-state index in [4.69, 9.17) is 4.42 Å². The highest BCUT2D eigenvalue weighted by Gasteiger charge is 2.34. The van der Waals surface area contributed by atoms with Gasteiger partial charge in [-0.05, 0) is 58.6 Å². The van der Waals surface area contributed by atoms with Gasteiger partial charge in [-0.2, -0.15) is 0 Å². The average molecular weight is 320 g/mol. The Hall–Kier alpha value is -1.06. The highest BCUT2D eigenvalue weighted by atomic mass is 79.9. The maximum absolute atomic E-state index is 5.77. The third-order valence-corrected chi connectivity index (χ3v) is 4.24. The van der Waals surface area contributed by atoms with Crippen molar-refractivity contribution in [3.8, 4) is 0 Å². The first kappa shape index (κ1) is 12.9. The highest BCUT2D eigenvalue weighted by molar-refractivity contribution is 9.10. The summed E-state index contributed by atoms with van der Waals surface area (Å²) in [6, 6.07) is 13.0. The maximum Gasteiger partial charge on any atom is 0.169 e. The van der Waals surface area contributed by atoms with E-state index in [1.165, 1.54) is 11.1 Å². The van der Waals surface area contributed by atoms with Crippen LogP contribution in [-0.2, 0) is 6.42 Å². The van der Waals surface area contributed by atoms with Gasteiger partial charge in [-0.3, -0.25) is 0 Å². The summed E-state index contributed by atoms with van der Waals surface area (Å²) in [6.45, 7) is 3.21. The van der Waals surface area contributed by atoms with Gasteiger partial charge in [0.1, 0.15) is 5.76 Å². The van der Waals surface area contributed by atoms with Crippen molar-refractivity contribution in [1.29, 1.82) is 0 Å². The predicted octanol–water partition coefficient (Wildman–Crippen LogP) is 4.42. The molecule has 0 spiro atoms. The van der Waals surface area contributed by atoms with Gasteiger partial charge in [0.2, 0.25) is 0 Å². The molecule has 0 fully saturated rings. The standard InChI is InChI=1S/C16H18BrNO/c1-2-9-18-16(14-7-8-15(17)19-14)13-10-11-5-3-4-6-12(11)13/h3-8,13,16,18H,2,9-10H2,1H3. The van der Waals surface area contributed by atoms with Crippen molar-refractivity contribution < 1.29 is 4.42 Å². The molecule has 0 bridgehead atoms. The summed E-state index contributed by atoms with van der Waals surface area (Å²) in [4.78, 5) is 0. The molecule has 1 aliphatic rings. The predicted molar refractivity (Wildman–Crippen MR) is 80.3 cm³/mol. The van der Waals surface area contributed by atoms with Gasteiger partial charge in [0.25, 0.3) is 0 Å². The third kappa shape index (κ3) is 2.49. The summed E-state index contributed by atoms with van der Waals surface area (Å²) in [7, 11) is 0. The Balaban J connectivity index is 1.85. The molecule has 2 aromatic rings. The van der Waals surface area contributed by atoms with E-state index in [1.54, 1.807) is 0 Å². The van der Waals surface area contributed by atoms with E-state index < -0.39 is 0 Å². The van der Waals surface area contributed by atoms with Crippen molar-refractivity contribution in [3.05, 3.63) is 58.0 Å². The molecule has 1 aromatic carbocycles. The van der Waals surface area contributed by atoms with Crippen LogP contribution in [0, 0.1) is 0 Å². The zero-order valence-corrected chi connectivity index (χ0v) is 12.6. The molecule has 2 unspecified atom stereocenters. The lowest BCUT2D eigenvalue weighted by Crippen LogP contribution is -2.33. The SMILES string of the molecule is CCCNC(c1ccc(Br)o1)C1Cc2ccccc21. The second-order valence-corrected chi connectivity index (χ2v) is 5.86. The van der Waals surface area contributed by atoms with Crippen molar-refractivity contribution in [2.24, 2.45) is 0 Å². The minimum atomic E-state index is 0.279. The van der Waals surface area contributed by atoms with Gasteiger partial charge >= 0.3 is 0 Å². The van der Waals surface area contributed by atoms with Crippen molar-refractivity contribution in [2.75, 3.05) is 6.54 Å². The van der Waals surface area contributed by atoms with E-state index in [9.17, 15) is 0 Å². The lowest BCUT2D eigenvalue weighted by atomic mass is 9.73. The summed E-state index contributed by atoms with van der Waals surface area (Å²) >= 11 is 3.39. The van der Waals surface area contributed by atoms with Crippen LogP contribution in [0.15, 0.2) is 45.5 Å². The van der Waals surface area contributed by atoms with Gasteiger partial charge in [-0.25, -0.2) is 0 Å². The molecule has 0 aliphatic heterocycles. The van der Waals surface area contributed by atoms with Crippen molar-refractivity contribution in [2.45, 2.75) is 31.7 Å². The van der Waals surface area contributed by atoms with E-state index in [0.717, 1.165) is 29.8 Å². The summed E-state index contributed by atoms with van der Waals surface area (Å²) in [6.07, 6.45) is 2.27. The molecule has 3 rings (SSSR count). The number of furan rings is 1. The molecule has 0 saturated carbocycles. The fraction of sp³-hybridized carbons (Fsp3) is 0.375. The molecule has 19 heavy (non-hydrogen) atoms. The molecule has 2 atom stereocenters. The van der Waals surface area contributed by atoms with E-state index in [-0.39, 0.29) is 6.04 Å². The smallest absolute Gasteiger partial charge is 0.169 e. The molecule has 0 radical (unpaired) electrons. The molecule has 1 aliphatic carbocycles. The lowest BCUT2D eigenvalue weighted by Gasteiger charge is -2.36. The van der Waals surface area contributed by atoms with Crippen molar-refractivity contribution in [3.63, 3.8) is 0 Å². The van der Waals surface area contributed by atoms with Gasteiger partial charge in [-0.1, -0.05) is 31.2 Å². The lowest BCUT2D eigenvalue weighted by molar-refractivity contribution is 0.339. The van der Waals surface area contributed by atoms with Crippen LogP contribution in [-0.4, -0.2) is 6.54 Å². The Morgan fingerprint density at radius 2 is 2.16 bits per heavy atom. The molecule has 2 nitrogen and oxygen atoms in total. The Morgan fingerprint density at radius 3 is 2.84 bits per heavy atom. The second kappa shape index (κ2) is 5.51. The fourth-order valence-electron chi connectivity index (χ4n) is 2.83. The molecule has 3 heteroatoms. The minimum absolute atomic E-state index is 0.279. The fourth-order valence-corrected chi connectivity index (χ4v) is 3.15. The molecule has 1 heterocycles. The Morgan fingerprint density at radius 1 is 1.32 bits per heavy atom. The van der Waals surface area contributed by atoms with Crippen LogP contribution in [0.3, 0.4) is 0 Å². The number of nitrogens with one attached hydrogen (secondary N) is 1. The van der Waals surface area contributed by atoms with E-state index in [0.29, 0.717) is 5.92 Å². The Bertz CT molecular complexity index is 563. The van der Waals surface area contributed by atoms with Crippen LogP contribution in [0.5, 0.6) is 0 Å². The van der Waals surface area contributed by atoms with E-state index >= 15 is 0 Å². The number of hydrogen-bond acceptors (Lipinski definition) is 2. The molecule has 0 saturated heterocycles. The topological polar surface area (TPSA) is 25.2 Å². The van der Waals surface area contributed by atoms with E-state index in [1.807, 2.05) is 6.07 Å². The van der Waals surface area contributed by atoms with Crippen LogP contribution in [0.2, 0.25) is 0 Å². The monoisotopic (exact) mass is 319 g/mol. The van der Waals surface area contributed by atoms with Crippen molar-refractivity contribution in [1.82, 2.24) is 5.32 Å². The maximum atomic E-state index is 5.77. The van der Waals surface area contributed by atoms with Gasteiger partial charge in [0.05, 0.1) is 6.04 Å². The average Bonchev–Trinajstić information content (AvgIpc) is 2.81. The first-order chi connectivity index (χ1) is 9.29. The molecule has 0 amide bonds. The van der Waals surface area contributed by atoms with Crippen LogP contribution in [0.25, 0.3) is 0 Å².